The highest BCUT2D eigenvalue weighted by Crippen LogP contribution is 2.15. The van der Waals surface area contributed by atoms with Crippen LogP contribution in [0.3, 0.4) is 0 Å². The third kappa shape index (κ3) is 4.78. The van der Waals surface area contributed by atoms with Gasteiger partial charge in [-0.1, -0.05) is 11.6 Å². The summed E-state index contributed by atoms with van der Waals surface area (Å²) in [5.74, 6) is -0.644. The van der Waals surface area contributed by atoms with Gasteiger partial charge < -0.3 is 15.4 Å². The van der Waals surface area contributed by atoms with Crippen LogP contribution in [0, 0.1) is 0 Å². The Bertz CT molecular complexity index is 758. The zero-order valence-corrected chi connectivity index (χ0v) is 14.3. The highest BCUT2D eigenvalue weighted by Gasteiger charge is 2.18. The largest absolute Gasteiger partial charge is 0.376 e. The van der Waals surface area contributed by atoms with Crippen LogP contribution in [-0.2, 0) is 4.74 Å². The molecule has 1 aliphatic heterocycles. The van der Waals surface area contributed by atoms with E-state index in [2.05, 4.69) is 15.6 Å². The molecular weight excluding hydrogens is 342 g/mol. The Kier molecular flexibility index (Phi) is 5.63. The minimum absolute atomic E-state index is 0.0559. The summed E-state index contributed by atoms with van der Waals surface area (Å²) in [6, 6.07) is 9.81. The summed E-state index contributed by atoms with van der Waals surface area (Å²) >= 11 is 5.82. The van der Waals surface area contributed by atoms with Crippen LogP contribution in [-0.4, -0.2) is 36.1 Å². The molecule has 1 aliphatic rings. The standard InChI is InChI=1S/C18H18ClN3O3/c19-13-3-5-14(6-4-13)22-17(23)12-7-8-20-16(10-12)18(24)21-11-15-2-1-9-25-15/h3-8,10,15H,1-2,9,11H2,(H,21,24)(H,22,23). The molecule has 3 rings (SSSR count). The summed E-state index contributed by atoms with van der Waals surface area (Å²) in [6.45, 7) is 1.18. The maximum absolute atomic E-state index is 12.3. The smallest absolute Gasteiger partial charge is 0.269 e. The third-order valence-electron chi connectivity index (χ3n) is 3.87. The highest BCUT2D eigenvalue weighted by molar-refractivity contribution is 6.30. The van der Waals surface area contributed by atoms with E-state index >= 15 is 0 Å². The predicted octanol–water partition coefficient (Wildman–Crippen LogP) is 2.90. The Morgan fingerprint density at radius 1 is 1.20 bits per heavy atom. The lowest BCUT2D eigenvalue weighted by Crippen LogP contribution is -2.32. The SMILES string of the molecule is O=C(Nc1ccc(Cl)cc1)c1ccnc(C(=O)NCC2CCCO2)c1. The van der Waals surface area contributed by atoms with Crippen LogP contribution in [0.15, 0.2) is 42.6 Å². The number of benzene rings is 1. The van der Waals surface area contributed by atoms with Crippen molar-refractivity contribution in [2.45, 2.75) is 18.9 Å². The molecule has 2 amide bonds. The first-order chi connectivity index (χ1) is 12.1. The number of aromatic nitrogens is 1. The fourth-order valence-electron chi connectivity index (χ4n) is 2.53. The van der Waals surface area contributed by atoms with Gasteiger partial charge >= 0.3 is 0 Å². The van der Waals surface area contributed by atoms with Crippen LogP contribution in [0.5, 0.6) is 0 Å². The molecule has 0 spiro atoms. The normalized spacial score (nSPS) is 16.4. The molecule has 2 heterocycles. The second-order valence-electron chi connectivity index (χ2n) is 5.74. The summed E-state index contributed by atoms with van der Waals surface area (Å²) in [6.07, 6.45) is 3.45. The van der Waals surface area contributed by atoms with Crippen molar-refractivity contribution in [2.24, 2.45) is 0 Å². The monoisotopic (exact) mass is 359 g/mol. The molecule has 130 valence electrons. The van der Waals surface area contributed by atoms with Crippen LogP contribution in [0.1, 0.15) is 33.7 Å². The van der Waals surface area contributed by atoms with Crippen molar-refractivity contribution in [1.82, 2.24) is 10.3 Å². The van der Waals surface area contributed by atoms with Crippen LogP contribution in [0.25, 0.3) is 0 Å². The fraction of sp³-hybridized carbons (Fsp3) is 0.278. The number of ether oxygens (including phenoxy) is 1. The minimum Gasteiger partial charge on any atom is -0.376 e. The van der Waals surface area contributed by atoms with Gasteiger partial charge in [0.15, 0.2) is 0 Å². The van der Waals surface area contributed by atoms with Gasteiger partial charge in [-0.15, -0.1) is 0 Å². The number of nitrogens with one attached hydrogen (secondary N) is 2. The summed E-state index contributed by atoms with van der Waals surface area (Å²) in [4.78, 5) is 28.5. The summed E-state index contributed by atoms with van der Waals surface area (Å²) in [5.41, 5.74) is 1.17. The van der Waals surface area contributed by atoms with E-state index in [1.807, 2.05) is 0 Å². The van der Waals surface area contributed by atoms with Crippen LogP contribution in [0.2, 0.25) is 5.02 Å². The van der Waals surface area contributed by atoms with Gasteiger partial charge in [-0.3, -0.25) is 14.6 Å². The fourth-order valence-corrected chi connectivity index (χ4v) is 2.66. The number of pyridine rings is 1. The average molecular weight is 360 g/mol. The molecule has 0 bridgehead atoms. The maximum atomic E-state index is 12.3. The van der Waals surface area contributed by atoms with Crippen LogP contribution in [0.4, 0.5) is 5.69 Å². The number of halogens is 1. The number of rotatable bonds is 5. The van der Waals surface area contributed by atoms with E-state index in [1.165, 1.54) is 12.3 Å². The Balaban J connectivity index is 1.62. The van der Waals surface area contributed by atoms with Crippen molar-refractivity contribution in [3.05, 3.63) is 58.9 Å². The molecule has 1 unspecified atom stereocenters. The lowest BCUT2D eigenvalue weighted by molar-refractivity contribution is 0.0853. The minimum atomic E-state index is -0.323. The van der Waals surface area contributed by atoms with Gasteiger partial charge in [0.2, 0.25) is 0 Å². The van der Waals surface area contributed by atoms with Crippen LogP contribution < -0.4 is 10.6 Å². The molecule has 0 saturated carbocycles. The Labute approximate surface area is 150 Å². The second-order valence-corrected chi connectivity index (χ2v) is 6.17. The number of hydrogen-bond donors (Lipinski definition) is 2. The van der Waals surface area contributed by atoms with E-state index in [1.54, 1.807) is 30.3 Å². The number of nitrogens with zero attached hydrogens (tertiary/aromatic N) is 1. The molecule has 25 heavy (non-hydrogen) atoms. The van der Waals surface area contributed by atoms with Crippen molar-refractivity contribution in [3.63, 3.8) is 0 Å². The molecular formula is C18H18ClN3O3. The van der Waals surface area contributed by atoms with E-state index in [9.17, 15) is 9.59 Å². The maximum Gasteiger partial charge on any atom is 0.269 e. The molecule has 1 saturated heterocycles. The van der Waals surface area contributed by atoms with Crippen molar-refractivity contribution in [2.75, 3.05) is 18.5 Å². The first kappa shape index (κ1) is 17.4. The topological polar surface area (TPSA) is 80.3 Å². The average Bonchev–Trinajstić information content (AvgIpc) is 3.15. The van der Waals surface area contributed by atoms with Crippen molar-refractivity contribution in [3.8, 4) is 0 Å². The van der Waals surface area contributed by atoms with E-state index in [0.29, 0.717) is 22.8 Å². The molecule has 1 atom stereocenters. The van der Waals surface area contributed by atoms with Crippen molar-refractivity contribution >= 4 is 29.1 Å². The molecule has 2 N–H and O–H groups in total. The van der Waals surface area contributed by atoms with Crippen molar-refractivity contribution in [1.29, 1.82) is 0 Å². The molecule has 6 nitrogen and oxygen atoms in total. The zero-order chi connectivity index (χ0) is 17.6. The molecule has 0 aliphatic carbocycles. The third-order valence-corrected chi connectivity index (χ3v) is 4.12. The quantitative estimate of drug-likeness (QED) is 0.860. The summed E-state index contributed by atoms with van der Waals surface area (Å²) < 4.78 is 5.47. The second kappa shape index (κ2) is 8.09. The van der Waals surface area contributed by atoms with Gasteiger partial charge in [-0.05, 0) is 49.2 Å². The Morgan fingerprint density at radius 2 is 2.00 bits per heavy atom. The number of carbonyl (C=O) groups is 2. The lowest BCUT2D eigenvalue weighted by Gasteiger charge is -2.11. The molecule has 1 aromatic carbocycles. The number of carbonyl (C=O) groups excluding carboxylic acids is 2. The highest BCUT2D eigenvalue weighted by atomic mass is 35.5. The number of anilines is 1. The van der Waals surface area contributed by atoms with E-state index in [0.717, 1.165) is 19.4 Å². The van der Waals surface area contributed by atoms with E-state index in [4.69, 9.17) is 16.3 Å². The van der Waals surface area contributed by atoms with Gasteiger partial charge in [0.1, 0.15) is 5.69 Å². The Hall–Kier alpha value is -2.44. The van der Waals surface area contributed by atoms with Gasteiger partial charge in [-0.2, -0.15) is 0 Å². The first-order valence-corrected chi connectivity index (χ1v) is 8.42. The summed E-state index contributed by atoms with van der Waals surface area (Å²) in [5, 5.41) is 6.13. The zero-order valence-electron chi connectivity index (χ0n) is 13.5. The van der Waals surface area contributed by atoms with Gasteiger partial charge in [0, 0.05) is 35.6 Å². The molecule has 1 fully saturated rings. The summed E-state index contributed by atoms with van der Waals surface area (Å²) in [7, 11) is 0. The molecule has 0 radical (unpaired) electrons. The molecule has 7 heteroatoms. The predicted molar refractivity (Wildman–Crippen MR) is 94.9 cm³/mol. The number of amides is 2. The van der Waals surface area contributed by atoms with E-state index in [-0.39, 0.29) is 23.6 Å². The first-order valence-electron chi connectivity index (χ1n) is 8.04. The van der Waals surface area contributed by atoms with Gasteiger partial charge in [-0.25, -0.2) is 0 Å². The van der Waals surface area contributed by atoms with E-state index < -0.39 is 0 Å². The van der Waals surface area contributed by atoms with Crippen molar-refractivity contribution < 1.29 is 14.3 Å². The van der Waals surface area contributed by atoms with Gasteiger partial charge in [0.05, 0.1) is 6.10 Å². The molecule has 1 aromatic heterocycles. The van der Waals surface area contributed by atoms with Gasteiger partial charge in [0.25, 0.3) is 11.8 Å². The Morgan fingerprint density at radius 3 is 2.72 bits per heavy atom. The van der Waals surface area contributed by atoms with Crippen LogP contribution >= 0.6 is 11.6 Å². The lowest BCUT2D eigenvalue weighted by atomic mass is 10.2. The molecule has 2 aromatic rings. The number of hydrogen-bond acceptors (Lipinski definition) is 4.